The quantitative estimate of drug-likeness (QED) is 0.819. The van der Waals surface area contributed by atoms with Gasteiger partial charge >= 0.3 is 0 Å². The number of carbonyl (C=O) groups is 1. The summed E-state index contributed by atoms with van der Waals surface area (Å²) in [5, 5.41) is 12.6. The molecule has 1 aliphatic heterocycles. The van der Waals surface area contributed by atoms with E-state index in [0.29, 0.717) is 6.61 Å². The predicted octanol–water partition coefficient (Wildman–Crippen LogP) is 1.02. The van der Waals surface area contributed by atoms with Crippen molar-refractivity contribution in [2.24, 2.45) is 0 Å². The summed E-state index contributed by atoms with van der Waals surface area (Å²) in [5.41, 5.74) is 0.806. The zero-order chi connectivity index (χ0) is 12.1. The van der Waals surface area contributed by atoms with Crippen LogP contribution in [0.15, 0.2) is 30.3 Å². The van der Waals surface area contributed by atoms with Gasteiger partial charge in [0.2, 0.25) is 5.91 Å². The summed E-state index contributed by atoms with van der Waals surface area (Å²) in [6.45, 7) is 0.877. The van der Waals surface area contributed by atoms with Crippen LogP contribution in [0, 0.1) is 0 Å². The first-order valence-electron chi connectivity index (χ1n) is 5.89. The summed E-state index contributed by atoms with van der Waals surface area (Å²) >= 11 is 0. The number of aliphatic hydroxyl groups is 1. The van der Waals surface area contributed by atoms with Crippen LogP contribution in [0.4, 0.5) is 0 Å². The van der Waals surface area contributed by atoms with Crippen LogP contribution in [0.25, 0.3) is 0 Å². The highest BCUT2D eigenvalue weighted by molar-refractivity contribution is 5.80. The second-order valence-corrected chi connectivity index (χ2v) is 4.17. The third-order valence-corrected chi connectivity index (χ3v) is 2.88. The van der Waals surface area contributed by atoms with Crippen molar-refractivity contribution >= 4 is 5.91 Å². The molecule has 1 heterocycles. The molecule has 2 N–H and O–H groups in total. The lowest BCUT2D eigenvalue weighted by atomic mass is 10.1. The summed E-state index contributed by atoms with van der Waals surface area (Å²) in [6.07, 6.45) is 0.701. The van der Waals surface area contributed by atoms with Gasteiger partial charge in [-0.05, 0) is 18.4 Å². The second kappa shape index (κ2) is 5.80. The van der Waals surface area contributed by atoms with E-state index in [1.54, 1.807) is 0 Å². The van der Waals surface area contributed by atoms with Gasteiger partial charge in [-0.2, -0.15) is 0 Å². The Balaban J connectivity index is 1.80. The van der Waals surface area contributed by atoms with Crippen molar-refractivity contribution in [2.75, 3.05) is 13.2 Å². The molecule has 4 nitrogen and oxygen atoms in total. The van der Waals surface area contributed by atoms with Gasteiger partial charge in [0.1, 0.15) is 6.10 Å². The first-order chi connectivity index (χ1) is 8.27. The Kier molecular flexibility index (Phi) is 4.12. The molecule has 1 unspecified atom stereocenters. The Bertz CT molecular complexity index is 360. The summed E-state index contributed by atoms with van der Waals surface area (Å²) < 4.78 is 5.26. The summed E-state index contributed by atoms with van der Waals surface area (Å²) in [6, 6.07) is 9.29. The molecule has 1 aliphatic rings. The molecule has 1 amide bonds. The first-order valence-corrected chi connectivity index (χ1v) is 5.89. The van der Waals surface area contributed by atoms with Crippen molar-refractivity contribution in [3.05, 3.63) is 35.9 Å². The van der Waals surface area contributed by atoms with E-state index in [1.165, 1.54) is 0 Å². The van der Waals surface area contributed by atoms with Gasteiger partial charge in [-0.1, -0.05) is 30.3 Å². The molecule has 1 fully saturated rings. The molecule has 0 saturated carbocycles. The van der Waals surface area contributed by atoms with Crippen LogP contribution in [0.2, 0.25) is 0 Å². The molecule has 92 valence electrons. The molecule has 1 saturated heterocycles. The first kappa shape index (κ1) is 12.1. The van der Waals surface area contributed by atoms with Crippen molar-refractivity contribution < 1.29 is 14.6 Å². The number of ether oxygens (including phenoxy) is 1. The highest BCUT2D eigenvalue weighted by Gasteiger charge is 2.23. The van der Waals surface area contributed by atoms with Crippen molar-refractivity contribution in [1.29, 1.82) is 0 Å². The monoisotopic (exact) mass is 235 g/mol. The SMILES string of the molecule is O=C(NCC(O)c1ccccc1)[C@H]1CCCO1. The van der Waals surface area contributed by atoms with Gasteiger partial charge in [-0.15, -0.1) is 0 Å². The van der Waals surface area contributed by atoms with Crippen LogP contribution in [0.1, 0.15) is 24.5 Å². The molecule has 0 radical (unpaired) electrons. The molecule has 1 aromatic carbocycles. The lowest BCUT2D eigenvalue weighted by Crippen LogP contribution is -2.36. The smallest absolute Gasteiger partial charge is 0.249 e. The zero-order valence-corrected chi connectivity index (χ0v) is 9.63. The Morgan fingerprint density at radius 2 is 2.24 bits per heavy atom. The fourth-order valence-corrected chi connectivity index (χ4v) is 1.89. The van der Waals surface area contributed by atoms with Gasteiger partial charge in [-0.3, -0.25) is 4.79 Å². The van der Waals surface area contributed by atoms with Crippen LogP contribution < -0.4 is 5.32 Å². The topological polar surface area (TPSA) is 58.6 Å². The van der Waals surface area contributed by atoms with Gasteiger partial charge in [0, 0.05) is 13.2 Å². The Morgan fingerprint density at radius 3 is 2.88 bits per heavy atom. The lowest BCUT2D eigenvalue weighted by molar-refractivity contribution is -0.130. The molecule has 0 aliphatic carbocycles. The summed E-state index contributed by atoms with van der Waals surface area (Å²) in [7, 11) is 0. The summed E-state index contributed by atoms with van der Waals surface area (Å²) in [4.78, 5) is 11.6. The van der Waals surface area contributed by atoms with E-state index in [2.05, 4.69) is 5.32 Å². The van der Waals surface area contributed by atoms with Crippen molar-refractivity contribution in [1.82, 2.24) is 5.32 Å². The average Bonchev–Trinajstić information content (AvgIpc) is 2.90. The Hall–Kier alpha value is -1.39. The van der Waals surface area contributed by atoms with E-state index in [-0.39, 0.29) is 18.6 Å². The largest absolute Gasteiger partial charge is 0.387 e. The van der Waals surface area contributed by atoms with Gasteiger partial charge in [0.25, 0.3) is 0 Å². The summed E-state index contributed by atoms with van der Waals surface area (Å²) in [5.74, 6) is -0.127. The van der Waals surface area contributed by atoms with Crippen molar-refractivity contribution in [2.45, 2.75) is 25.0 Å². The second-order valence-electron chi connectivity index (χ2n) is 4.17. The predicted molar refractivity (Wildman–Crippen MR) is 63.4 cm³/mol. The van der Waals surface area contributed by atoms with E-state index in [1.807, 2.05) is 30.3 Å². The molecular formula is C13H17NO3. The Labute approximate surface area is 101 Å². The number of carbonyl (C=O) groups excluding carboxylic acids is 1. The van der Waals surface area contributed by atoms with Crippen LogP contribution in [-0.4, -0.2) is 30.3 Å². The van der Waals surface area contributed by atoms with Gasteiger partial charge < -0.3 is 15.2 Å². The third kappa shape index (κ3) is 3.28. The maximum atomic E-state index is 11.6. The van der Waals surface area contributed by atoms with E-state index >= 15 is 0 Å². The molecule has 0 aromatic heterocycles. The van der Waals surface area contributed by atoms with Crippen LogP contribution in [0.3, 0.4) is 0 Å². The molecule has 17 heavy (non-hydrogen) atoms. The number of aliphatic hydroxyl groups excluding tert-OH is 1. The lowest BCUT2D eigenvalue weighted by Gasteiger charge is -2.14. The number of benzene rings is 1. The number of hydrogen-bond donors (Lipinski definition) is 2. The van der Waals surface area contributed by atoms with Crippen molar-refractivity contribution in [3.8, 4) is 0 Å². The fourth-order valence-electron chi connectivity index (χ4n) is 1.89. The van der Waals surface area contributed by atoms with Crippen LogP contribution in [0.5, 0.6) is 0 Å². The van der Waals surface area contributed by atoms with Crippen LogP contribution in [-0.2, 0) is 9.53 Å². The molecule has 4 heteroatoms. The number of hydrogen-bond acceptors (Lipinski definition) is 3. The minimum absolute atomic E-state index is 0.127. The van der Waals surface area contributed by atoms with Gasteiger partial charge in [-0.25, -0.2) is 0 Å². The highest BCUT2D eigenvalue weighted by atomic mass is 16.5. The maximum absolute atomic E-state index is 11.6. The molecule has 2 atom stereocenters. The zero-order valence-electron chi connectivity index (χ0n) is 9.63. The maximum Gasteiger partial charge on any atom is 0.249 e. The van der Waals surface area contributed by atoms with E-state index in [9.17, 15) is 9.90 Å². The minimum Gasteiger partial charge on any atom is -0.387 e. The van der Waals surface area contributed by atoms with Gasteiger partial charge in [0.15, 0.2) is 0 Å². The average molecular weight is 235 g/mol. The third-order valence-electron chi connectivity index (χ3n) is 2.88. The minimum atomic E-state index is -0.665. The normalized spacial score (nSPS) is 21.1. The number of nitrogens with one attached hydrogen (secondary N) is 1. The van der Waals surface area contributed by atoms with E-state index in [0.717, 1.165) is 18.4 Å². The number of rotatable bonds is 4. The van der Waals surface area contributed by atoms with Crippen molar-refractivity contribution in [3.63, 3.8) is 0 Å². The standard InChI is InChI=1S/C13H17NO3/c15-11(10-5-2-1-3-6-10)9-14-13(16)12-7-4-8-17-12/h1-3,5-6,11-12,15H,4,7-9H2,(H,14,16)/t11?,12-/m1/s1. The number of amides is 1. The molecule has 1 aromatic rings. The molecule has 0 bridgehead atoms. The van der Waals surface area contributed by atoms with E-state index in [4.69, 9.17) is 4.74 Å². The fraction of sp³-hybridized carbons (Fsp3) is 0.462. The Morgan fingerprint density at radius 1 is 1.47 bits per heavy atom. The van der Waals surface area contributed by atoms with E-state index < -0.39 is 6.10 Å². The molecule has 0 spiro atoms. The highest BCUT2D eigenvalue weighted by Crippen LogP contribution is 2.13. The van der Waals surface area contributed by atoms with Gasteiger partial charge in [0.05, 0.1) is 6.10 Å². The van der Waals surface area contributed by atoms with Crippen LogP contribution >= 0.6 is 0 Å². The molecule has 2 rings (SSSR count). The molecular weight excluding hydrogens is 218 g/mol.